The zero-order valence-electron chi connectivity index (χ0n) is 11.4. The minimum absolute atomic E-state index is 0. The molecule has 1 heterocycles. The Kier molecular flexibility index (Phi) is 7.51. The van der Waals surface area contributed by atoms with Crippen molar-refractivity contribution >= 4 is 39.9 Å². The van der Waals surface area contributed by atoms with Crippen molar-refractivity contribution in [2.24, 2.45) is 0 Å². The summed E-state index contributed by atoms with van der Waals surface area (Å²) in [5.41, 5.74) is 1.90. The third-order valence-corrected chi connectivity index (χ3v) is 3.64. The molecular formula is C14H20BrClN2O2. The molecule has 112 valence electrons. The van der Waals surface area contributed by atoms with E-state index in [1.807, 2.05) is 25.1 Å². The zero-order valence-corrected chi connectivity index (χ0v) is 13.9. The quantitative estimate of drug-likeness (QED) is 0.846. The average Bonchev–Trinajstić information content (AvgIpc) is 2.86. The van der Waals surface area contributed by atoms with Gasteiger partial charge in [0.2, 0.25) is 5.91 Å². The molecule has 0 radical (unpaired) electrons. The molecular weight excluding hydrogens is 344 g/mol. The fraction of sp³-hybridized carbons (Fsp3) is 0.500. The van der Waals surface area contributed by atoms with Crippen LogP contribution in [0.3, 0.4) is 0 Å². The summed E-state index contributed by atoms with van der Waals surface area (Å²) in [6.07, 6.45) is 2.47. The van der Waals surface area contributed by atoms with Crippen LogP contribution in [0.25, 0.3) is 0 Å². The average molecular weight is 364 g/mol. The van der Waals surface area contributed by atoms with E-state index < -0.39 is 0 Å². The van der Waals surface area contributed by atoms with Crippen LogP contribution in [0.1, 0.15) is 18.4 Å². The lowest BCUT2D eigenvalue weighted by atomic mass is 10.2. The lowest BCUT2D eigenvalue weighted by Crippen LogP contribution is -2.33. The van der Waals surface area contributed by atoms with Crippen LogP contribution in [0.4, 0.5) is 5.69 Å². The first kappa shape index (κ1) is 17.4. The molecule has 0 aromatic heterocycles. The Morgan fingerprint density at radius 2 is 2.30 bits per heavy atom. The molecule has 1 fully saturated rings. The van der Waals surface area contributed by atoms with Gasteiger partial charge in [-0.2, -0.15) is 0 Å². The van der Waals surface area contributed by atoms with E-state index in [0.29, 0.717) is 6.54 Å². The van der Waals surface area contributed by atoms with Crippen molar-refractivity contribution in [1.29, 1.82) is 0 Å². The van der Waals surface area contributed by atoms with E-state index in [9.17, 15) is 4.79 Å². The molecule has 0 saturated carbocycles. The number of benzene rings is 1. The van der Waals surface area contributed by atoms with Gasteiger partial charge in [0.1, 0.15) is 0 Å². The Labute approximate surface area is 134 Å². The van der Waals surface area contributed by atoms with Crippen LogP contribution in [0.5, 0.6) is 0 Å². The Morgan fingerprint density at radius 3 is 2.95 bits per heavy atom. The largest absolute Gasteiger partial charge is 0.377 e. The second-order valence-corrected chi connectivity index (χ2v) is 5.69. The number of hydrogen-bond donors (Lipinski definition) is 2. The summed E-state index contributed by atoms with van der Waals surface area (Å²) in [5, 5.41) is 6.03. The first-order valence-electron chi connectivity index (χ1n) is 6.53. The Morgan fingerprint density at radius 1 is 1.50 bits per heavy atom. The van der Waals surface area contributed by atoms with E-state index in [0.717, 1.165) is 41.7 Å². The predicted octanol–water partition coefficient (Wildman–Crippen LogP) is 2.89. The number of amides is 1. The van der Waals surface area contributed by atoms with Gasteiger partial charge >= 0.3 is 0 Å². The molecule has 4 nitrogen and oxygen atoms in total. The van der Waals surface area contributed by atoms with Crippen molar-refractivity contribution in [3.05, 3.63) is 28.2 Å². The molecule has 1 aliphatic heterocycles. The van der Waals surface area contributed by atoms with Gasteiger partial charge in [0.15, 0.2) is 0 Å². The molecule has 0 bridgehead atoms. The molecule has 2 rings (SSSR count). The second kappa shape index (κ2) is 8.62. The van der Waals surface area contributed by atoms with E-state index in [1.54, 1.807) is 0 Å². The maximum Gasteiger partial charge on any atom is 0.238 e. The van der Waals surface area contributed by atoms with E-state index in [4.69, 9.17) is 4.74 Å². The minimum Gasteiger partial charge on any atom is -0.377 e. The molecule has 1 aromatic carbocycles. The first-order chi connectivity index (χ1) is 9.15. The fourth-order valence-corrected chi connectivity index (χ4v) is 2.59. The summed E-state index contributed by atoms with van der Waals surface area (Å²) in [6.45, 7) is 3.87. The third kappa shape index (κ3) is 5.40. The molecule has 0 spiro atoms. The SMILES string of the molecule is Cc1cc(Br)ccc1NC(=O)CNCC1CCCO1.Cl. The van der Waals surface area contributed by atoms with Crippen LogP contribution in [-0.2, 0) is 9.53 Å². The monoisotopic (exact) mass is 362 g/mol. The number of anilines is 1. The van der Waals surface area contributed by atoms with Gasteiger partial charge in [-0.15, -0.1) is 12.4 Å². The lowest BCUT2D eigenvalue weighted by Gasteiger charge is -2.12. The Bertz CT molecular complexity index is 451. The van der Waals surface area contributed by atoms with Crippen molar-refractivity contribution in [2.75, 3.05) is 25.0 Å². The van der Waals surface area contributed by atoms with Crippen molar-refractivity contribution < 1.29 is 9.53 Å². The van der Waals surface area contributed by atoms with E-state index in [-0.39, 0.29) is 24.4 Å². The maximum atomic E-state index is 11.8. The number of nitrogens with one attached hydrogen (secondary N) is 2. The summed E-state index contributed by atoms with van der Waals surface area (Å²) >= 11 is 3.40. The smallest absolute Gasteiger partial charge is 0.238 e. The van der Waals surface area contributed by atoms with Crippen molar-refractivity contribution in [1.82, 2.24) is 5.32 Å². The van der Waals surface area contributed by atoms with Crippen molar-refractivity contribution in [2.45, 2.75) is 25.9 Å². The molecule has 1 saturated heterocycles. The van der Waals surface area contributed by atoms with Crippen LogP contribution < -0.4 is 10.6 Å². The molecule has 0 aliphatic carbocycles. The van der Waals surface area contributed by atoms with Gasteiger partial charge < -0.3 is 15.4 Å². The molecule has 6 heteroatoms. The number of halogens is 2. The highest BCUT2D eigenvalue weighted by molar-refractivity contribution is 9.10. The summed E-state index contributed by atoms with van der Waals surface area (Å²) in [4.78, 5) is 11.8. The molecule has 1 atom stereocenters. The molecule has 1 aromatic rings. The molecule has 2 N–H and O–H groups in total. The number of hydrogen-bond acceptors (Lipinski definition) is 3. The Hall–Kier alpha value is -0.620. The predicted molar refractivity (Wildman–Crippen MR) is 86.6 cm³/mol. The second-order valence-electron chi connectivity index (χ2n) is 4.77. The maximum absolute atomic E-state index is 11.8. The molecule has 1 amide bonds. The number of ether oxygens (including phenoxy) is 1. The van der Waals surface area contributed by atoms with E-state index >= 15 is 0 Å². The standard InChI is InChI=1S/C14H19BrN2O2.ClH/c1-10-7-11(15)4-5-13(10)17-14(18)9-16-8-12-3-2-6-19-12;/h4-5,7,12,16H,2-3,6,8-9H2,1H3,(H,17,18);1H. The molecule has 1 unspecified atom stereocenters. The fourth-order valence-electron chi connectivity index (χ4n) is 2.11. The van der Waals surface area contributed by atoms with Gasteiger partial charge in [-0.25, -0.2) is 0 Å². The number of carbonyl (C=O) groups is 1. The summed E-state index contributed by atoms with van der Waals surface area (Å²) in [6, 6.07) is 5.80. The van der Waals surface area contributed by atoms with Gasteiger partial charge in [0.05, 0.1) is 12.6 Å². The number of rotatable bonds is 5. The topological polar surface area (TPSA) is 50.4 Å². The van der Waals surface area contributed by atoms with Crippen LogP contribution in [0.2, 0.25) is 0 Å². The first-order valence-corrected chi connectivity index (χ1v) is 7.33. The van der Waals surface area contributed by atoms with Crippen molar-refractivity contribution in [3.63, 3.8) is 0 Å². The van der Waals surface area contributed by atoms with Crippen LogP contribution in [0, 0.1) is 6.92 Å². The summed E-state index contributed by atoms with van der Waals surface area (Å²) in [7, 11) is 0. The van der Waals surface area contributed by atoms with Gasteiger partial charge in [-0.1, -0.05) is 15.9 Å². The van der Waals surface area contributed by atoms with Crippen LogP contribution >= 0.6 is 28.3 Å². The zero-order chi connectivity index (χ0) is 13.7. The number of carbonyl (C=O) groups excluding carboxylic acids is 1. The third-order valence-electron chi connectivity index (χ3n) is 3.14. The van der Waals surface area contributed by atoms with Crippen LogP contribution in [-0.4, -0.2) is 31.7 Å². The van der Waals surface area contributed by atoms with E-state index in [2.05, 4.69) is 26.6 Å². The molecule has 1 aliphatic rings. The lowest BCUT2D eigenvalue weighted by molar-refractivity contribution is -0.115. The minimum atomic E-state index is -0.0246. The van der Waals surface area contributed by atoms with Crippen molar-refractivity contribution in [3.8, 4) is 0 Å². The normalized spacial score (nSPS) is 17.6. The van der Waals surface area contributed by atoms with Gasteiger partial charge in [0.25, 0.3) is 0 Å². The summed E-state index contributed by atoms with van der Waals surface area (Å²) < 4.78 is 6.50. The van der Waals surface area contributed by atoms with Gasteiger partial charge in [-0.3, -0.25) is 4.79 Å². The Balaban J connectivity index is 0.00000200. The number of aryl methyl sites for hydroxylation is 1. The van der Waals surface area contributed by atoms with Crippen LogP contribution in [0.15, 0.2) is 22.7 Å². The highest BCUT2D eigenvalue weighted by atomic mass is 79.9. The van der Waals surface area contributed by atoms with Gasteiger partial charge in [0, 0.05) is 23.3 Å². The van der Waals surface area contributed by atoms with E-state index in [1.165, 1.54) is 0 Å². The highest BCUT2D eigenvalue weighted by Gasteiger charge is 2.15. The summed E-state index contributed by atoms with van der Waals surface area (Å²) in [5.74, 6) is -0.0246. The van der Waals surface area contributed by atoms with Gasteiger partial charge in [-0.05, 0) is 43.5 Å². The highest BCUT2D eigenvalue weighted by Crippen LogP contribution is 2.19. The molecule has 20 heavy (non-hydrogen) atoms.